The van der Waals surface area contributed by atoms with Crippen molar-refractivity contribution in [2.24, 2.45) is 0 Å². The molecule has 0 radical (unpaired) electrons. The van der Waals surface area contributed by atoms with Crippen molar-refractivity contribution in [1.82, 2.24) is 15.8 Å². The SMILES string of the molecule is O=C(O)CCNC(=O)c1conc1CNC(=O)OCC1c2ccccc2-c2ccccc21. The number of amides is 2. The number of ether oxygens (including phenoxy) is 1. The highest BCUT2D eigenvalue weighted by molar-refractivity contribution is 5.95. The summed E-state index contributed by atoms with van der Waals surface area (Å²) in [4.78, 5) is 35.0. The number of carboxylic acid groups (broad SMARTS) is 1. The van der Waals surface area contributed by atoms with E-state index >= 15 is 0 Å². The topological polar surface area (TPSA) is 131 Å². The van der Waals surface area contributed by atoms with Crippen LogP contribution in [0.25, 0.3) is 11.1 Å². The largest absolute Gasteiger partial charge is 0.481 e. The first-order valence-corrected chi connectivity index (χ1v) is 10.1. The molecule has 0 saturated carbocycles. The van der Waals surface area contributed by atoms with Crippen molar-refractivity contribution < 1.29 is 28.8 Å². The molecule has 32 heavy (non-hydrogen) atoms. The molecule has 0 fully saturated rings. The zero-order valence-electron chi connectivity index (χ0n) is 17.0. The first-order valence-electron chi connectivity index (χ1n) is 10.1. The first-order chi connectivity index (χ1) is 15.5. The molecule has 164 valence electrons. The van der Waals surface area contributed by atoms with Crippen LogP contribution in [0, 0.1) is 0 Å². The lowest BCUT2D eigenvalue weighted by molar-refractivity contribution is -0.136. The zero-order chi connectivity index (χ0) is 22.5. The minimum Gasteiger partial charge on any atom is -0.481 e. The number of hydrogen-bond donors (Lipinski definition) is 3. The zero-order valence-corrected chi connectivity index (χ0v) is 17.0. The third-order valence-corrected chi connectivity index (χ3v) is 5.26. The average molecular weight is 435 g/mol. The summed E-state index contributed by atoms with van der Waals surface area (Å²) in [5.41, 5.74) is 4.83. The summed E-state index contributed by atoms with van der Waals surface area (Å²) < 4.78 is 10.3. The van der Waals surface area contributed by atoms with Crippen LogP contribution in [0.2, 0.25) is 0 Å². The van der Waals surface area contributed by atoms with Crippen LogP contribution in [0.15, 0.2) is 59.3 Å². The van der Waals surface area contributed by atoms with E-state index in [1.165, 1.54) is 0 Å². The van der Waals surface area contributed by atoms with Crippen LogP contribution < -0.4 is 10.6 Å². The van der Waals surface area contributed by atoms with Gasteiger partial charge in [-0.2, -0.15) is 0 Å². The molecule has 1 aliphatic carbocycles. The number of carbonyl (C=O) groups is 3. The molecule has 2 aromatic carbocycles. The van der Waals surface area contributed by atoms with Gasteiger partial charge in [-0.05, 0) is 22.3 Å². The van der Waals surface area contributed by atoms with Gasteiger partial charge in [0.2, 0.25) is 0 Å². The number of nitrogens with zero attached hydrogens (tertiary/aromatic N) is 1. The van der Waals surface area contributed by atoms with E-state index in [2.05, 4.69) is 27.9 Å². The number of alkyl carbamates (subject to hydrolysis) is 1. The summed E-state index contributed by atoms with van der Waals surface area (Å²) in [5.74, 6) is -1.61. The third-order valence-electron chi connectivity index (χ3n) is 5.26. The highest BCUT2D eigenvalue weighted by Gasteiger charge is 2.29. The van der Waals surface area contributed by atoms with Crippen LogP contribution in [0.4, 0.5) is 4.79 Å². The smallest absolute Gasteiger partial charge is 0.407 e. The van der Waals surface area contributed by atoms with Gasteiger partial charge in [0.1, 0.15) is 24.1 Å². The number of fused-ring (bicyclic) bond motifs is 3. The predicted molar refractivity (Wildman–Crippen MR) is 113 cm³/mol. The van der Waals surface area contributed by atoms with E-state index in [1.54, 1.807) is 0 Å². The molecule has 3 N–H and O–H groups in total. The van der Waals surface area contributed by atoms with Gasteiger partial charge in [-0.15, -0.1) is 0 Å². The number of nitrogens with one attached hydrogen (secondary N) is 2. The van der Waals surface area contributed by atoms with Gasteiger partial charge in [-0.25, -0.2) is 4.79 Å². The number of aliphatic carboxylic acids is 1. The second-order valence-electron chi connectivity index (χ2n) is 7.25. The number of aromatic nitrogens is 1. The van der Waals surface area contributed by atoms with E-state index in [9.17, 15) is 14.4 Å². The Labute approximate surface area is 183 Å². The summed E-state index contributed by atoms with van der Waals surface area (Å²) in [6.45, 7) is 0.0641. The van der Waals surface area contributed by atoms with Crippen molar-refractivity contribution in [2.45, 2.75) is 18.9 Å². The van der Waals surface area contributed by atoms with E-state index in [0.29, 0.717) is 0 Å². The molecule has 1 aromatic heterocycles. The Morgan fingerprint density at radius 1 is 1.00 bits per heavy atom. The predicted octanol–water partition coefficient (Wildman–Crippen LogP) is 2.92. The van der Waals surface area contributed by atoms with Crippen LogP contribution in [0.3, 0.4) is 0 Å². The Morgan fingerprint density at radius 2 is 1.66 bits per heavy atom. The number of carboxylic acids is 1. The van der Waals surface area contributed by atoms with Gasteiger partial charge in [0.25, 0.3) is 5.91 Å². The fraction of sp³-hybridized carbons (Fsp3) is 0.217. The van der Waals surface area contributed by atoms with E-state index in [-0.39, 0.29) is 43.3 Å². The second kappa shape index (κ2) is 9.34. The molecule has 0 unspecified atom stereocenters. The average Bonchev–Trinajstić information content (AvgIpc) is 3.39. The fourth-order valence-corrected chi connectivity index (χ4v) is 3.76. The monoisotopic (exact) mass is 435 g/mol. The van der Waals surface area contributed by atoms with Crippen molar-refractivity contribution in [2.75, 3.05) is 13.2 Å². The van der Waals surface area contributed by atoms with Crippen molar-refractivity contribution in [1.29, 1.82) is 0 Å². The van der Waals surface area contributed by atoms with Crippen molar-refractivity contribution in [3.05, 3.63) is 77.2 Å². The van der Waals surface area contributed by atoms with E-state index < -0.39 is 18.0 Å². The third kappa shape index (κ3) is 4.46. The Balaban J connectivity index is 1.33. The fourth-order valence-electron chi connectivity index (χ4n) is 3.76. The molecule has 2 amide bonds. The van der Waals surface area contributed by atoms with Gasteiger partial charge in [-0.3, -0.25) is 9.59 Å². The number of benzene rings is 2. The minimum atomic E-state index is -1.02. The summed E-state index contributed by atoms with van der Waals surface area (Å²) in [5, 5.41) is 17.4. The van der Waals surface area contributed by atoms with E-state index in [0.717, 1.165) is 28.5 Å². The van der Waals surface area contributed by atoms with Crippen LogP contribution >= 0.6 is 0 Å². The molecule has 0 atom stereocenters. The summed E-state index contributed by atoms with van der Waals surface area (Å²) >= 11 is 0. The lowest BCUT2D eigenvalue weighted by Gasteiger charge is -2.14. The van der Waals surface area contributed by atoms with Gasteiger partial charge < -0.3 is 25.0 Å². The maximum Gasteiger partial charge on any atom is 0.407 e. The van der Waals surface area contributed by atoms with Crippen LogP contribution in [0.5, 0.6) is 0 Å². The Bertz CT molecular complexity index is 1110. The molecule has 0 saturated heterocycles. The highest BCUT2D eigenvalue weighted by atomic mass is 16.5. The molecule has 1 aliphatic rings. The van der Waals surface area contributed by atoms with Crippen molar-refractivity contribution in [3.8, 4) is 11.1 Å². The molecular formula is C23H21N3O6. The van der Waals surface area contributed by atoms with Gasteiger partial charge in [-0.1, -0.05) is 53.7 Å². The quantitative estimate of drug-likeness (QED) is 0.496. The molecule has 0 spiro atoms. The number of rotatable bonds is 8. The Kier molecular flexibility index (Phi) is 6.16. The number of carbonyl (C=O) groups excluding carboxylic acids is 2. The molecule has 9 nitrogen and oxygen atoms in total. The molecule has 1 heterocycles. The maximum atomic E-state index is 12.3. The second-order valence-corrected chi connectivity index (χ2v) is 7.25. The highest BCUT2D eigenvalue weighted by Crippen LogP contribution is 2.44. The van der Waals surface area contributed by atoms with Gasteiger partial charge in [0.15, 0.2) is 0 Å². The normalized spacial score (nSPS) is 12.0. The van der Waals surface area contributed by atoms with Crippen LogP contribution in [-0.4, -0.2) is 41.4 Å². The first kappa shape index (κ1) is 21.1. The van der Waals surface area contributed by atoms with Crippen LogP contribution in [0.1, 0.15) is 39.5 Å². The standard InChI is InChI=1S/C23H21N3O6/c27-21(28)9-10-24-22(29)19-13-32-26-20(19)11-25-23(30)31-12-18-16-7-3-1-5-14(16)15-6-2-4-8-17(15)18/h1-8,13,18H,9-12H2,(H,24,29)(H,25,30)(H,27,28). The van der Waals surface area contributed by atoms with E-state index in [4.69, 9.17) is 14.4 Å². The molecule has 3 aromatic rings. The summed E-state index contributed by atoms with van der Waals surface area (Å²) in [6.07, 6.45) is 0.293. The molecule has 0 aliphatic heterocycles. The molecule has 4 rings (SSSR count). The lowest BCUT2D eigenvalue weighted by atomic mass is 9.98. The minimum absolute atomic E-state index is 0.0292. The lowest BCUT2D eigenvalue weighted by Crippen LogP contribution is -2.29. The van der Waals surface area contributed by atoms with Crippen LogP contribution in [-0.2, 0) is 16.1 Å². The Hall–Kier alpha value is -4.14. The van der Waals surface area contributed by atoms with E-state index in [1.807, 2.05) is 36.4 Å². The summed E-state index contributed by atoms with van der Waals surface area (Å²) in [6, 6.07) is 16.1. The summed E-state index contributed by atoms with van der Waals surface area (Å²) in [7, 11) is 0. The van der Waals surface area contributed by atoms with Gasteiger partial charge in [0.05, 0.1) is 13.0 Å². The van der Waals surface area contributed by atoms with Crippen molar-refractivity contribution >= 4 is 18.0 Å². The Morgan fingerprint density at radius 3 is 2.31 bits per heavy atom. The number of hydrogen-bond acceptors (Lipinski definition) is 6. The molecule has 9 heteroatoms. The maximum absolute atomic E-state index is 12.3. The molecule has 0 bridgehead atoms. The van der Waals surface area contributed by atoms with Gasteiger partial charge >= 0.3 is 12.1 Å². The van der Waals surface area contributed by atoms with Crippen molar-refractivity contribution in [3.63, 3.8) is 0 Å². The van der Waals surface area contributed by atoms with Gasteiger partial charge in [0, 0.05) is 12.5 Å². The molecular weight excluding hydrogens is 414 g/mol.